The molecule has 5 rings (SSSR count). The lowest BCUT2D eigenvalue weighted by Crippen LogP contribution is -2.35. The van der Waals surface area contributed by atoms with E-state index in [1.807, 2.05) is 31.3 Å². The topological polar surface area (TPSA) is 81.5 Å². The molecule has 30 heavy (non-hydrogen) atoms. The molecule has 1 amide bonds. The number of thiophene rings is 1. The largest absolute Gasteiger partial charge is 0.448 e. The summed E-state index contributed by atoms with van der Waals surface area (Å²) in [5, 5.41) is 3.66. The number of hydrogen-bond acceptors (Lipinski definition) is 6. The molecule has 0 aliphatic carbocycles. The van der Waals surface area contributed by atoms with Crippen molar-refractivity contribution < 1.29 is 9.53 Å². The third-order valence-corrected chi connectivity index (χ3v) is 6.86. The van der Waals surface area contributed by atoms with Crippen molar-refractivity contribution in [1.29, 1.82) is 0 Å². The molecule has 3 aromatic rings. The Morgan fingerprint density at radius 3 is 2.83 bits per heavy atom. The number of benzene rings is 1. The summed E-state index contributed by atoms with van der Waals surface area (Å²) in [7, 11) is 3.68. The van der Waals surface area contributed by atoms with E-state index in [9.17, 15) is 4.79 Å². The van der Waals surface area contributed by atoms with Crippen LogP contribution in [-0.2, 0) is 4.79 Å². The second-order valence-electron chi connectivity index (χ2n) is 7.34. The average molecular weight is 419 g/mol. The van der Waals surface area contributed by atoms with Crippen LogP contribution in [0.1, 0.15) is 18.4 Å². The Morgan fingerprint density at radius 1 is 1.27 bits per heavy atom. The zero-order valence-corrected chi connectivity index (χ0v) is 17.6. The highest BCUT2D eigenvalue weighted by atomic mass is 32.1. The van der Waals surface area contributed by atoms with Crippen LogP contribution in [0.25, 0.3) is 16.2 Å². The second-order valence-corrected chi connectivity index (χ2v) is 8.39. The van der Waals surface area contributed by atoms with Gasteiger partial charge in [-0.1, -0.05) is 10.7 Å². The van der Waals surface area contributed by atoms with Gasteiger partial charge in [0.25, 0.3) is 0 Å². The second kappa shape index (κ2) is 7.09. The Morgan fingerprint density at radius 2 is 2.07 bits per heavy atom. The number of carbonyl (C=O) groups excluding carboxylic acids is 1. The molecule has 0 saturated heterocycles. The first-order valence-corrected chi connectivity index (χ1v) is 10.5. The van der Waals surface area contributed by atoms with E-state index in [2.05, 4.69) is 31.8 Å². The quantitative estimate of drug-likeness (QED) is 0.635. The van der Waals surface area contributed by atoms with Crippen LogP contribution in [0.2, 0.25) is 0 Å². The first-order valence-electron chi connectivity index (χ1n) is 9.63. The molecule has 7 nitrogen and oxygen atoms in total. The van der Waals surface area contributed by atoms with Crippen LogP contribution >= 0.6 is 11.3 Å². The summed E-state index contributed by atoms with van der Waals surface area (Å²) in [5.74, 6) is 1.27. The summed E-state index contributed by atoms with van der Waals surface area (Å²) >= 11 is 1.61. The molecule has 1 N–H and O–H groups in total. The smallest absolute Gasteiger partial charge is 0.349 e. The van der Waals surface area contributed by atoms with E-state index in [0.717, 1.165) is 43.1 Å². The molecule has 0 bridgehead atoms. The van der Waals surface area contributed by atoms with Crippen LogP contribution < -0.4 is 29.5 Å². The van der Waals surface area contributed by atoms with E-state index in [1.54, 1.807) is 37.0 Å². The van der Waals surface area contributed by atoms with Gasteiger partial charge in [-0.05, 0) is 18.6 Å². The number of rotatable bonds is 4. The Bertz CT molecular complexity index is 1310. The molecule has 0 saturated carbocycles. The van der Waals surface area contributed by atoms with E-state index in [1.165, 1.54) is 6.33 Å². The lowest BCUT2D eigenvalue weighted by molar-refractivity contribution is -0.122. The predicted octanol–water partition coefficient (Wildman–Crippen LogP) is 0.831. The van der Waals surface area contributed by atoms with Gasteiger partial charge in [0.2, 0.25) is 11.7 Å². The number of carbonyl (C=O) groups is 1. The maximum atomic E-state index is 12.4. The van der Waals surface area contributed by atoms with Crippen molar-refractivity contribution in [2.75, 3.05) is 19.0 Å². The summed E-state index contributed by atoms with van der Waals surface area (Å²) < 4.78 is 11.7. The van der Waals surface area contributed by atoms with Gasteiger partial charge in [0, 0.05) is 60.8 Å². The van der Waals surface area contributed by atoms with Gasteiger partial charge in [-0.15, -0.1) is 11.3 Å². The van der Waals surface area contributed by atoms with Crippen LogP contribution in [0.3, 0.4) is 0 Å². The minimum atomic E-state index is -0.190. The molecule has 0 radical (unpaired) electrons. The molecule has 2 unspecified atom stereocenters. The van der Waals surface area contributed by atoms with Crippen molar-refractivity contribution in [2.24, 2.45) is 0 Å². The van der Waals surface area contributed by atoms with Crippen molar-refractivity contribution in [3.63, 3.8) is 0 Å². The maximum absolute atomic E-state index is 12.4. The summed E-state index contributed by atoms with van der Waals surface area (Å²) in [4.78, 5) is 23.7. The van der Waals surface area contributed by atoms with E-state index in [4.69, 9.17) is 4.74 Å². The number of anilines is 1. The van der Waals surface area contributed by atoms with E-state index in [-0.39, 0.29) is 17.9 Å². The van der Waals surface area contributed by atoms with Crippen molar-refractivity contribution in [3.8, 4) is 16.2 Å². The van der Waals surface area contributed by atoms with E-state index >= 15 is 0 Å². The highest BCUT2D eigenvalue weighted by Crippen LogP contribution is 2.42. The Hall–Kier alpha value is -3.48. The number of fused-ring (bicyclic) bond motifs is 2. The Labute approximate surface area is 177 Å². The fourth-order valence-corrected chi connectivity index (χ4v) is 5.01. The molecule has 0 spiro atoms. The van der Waals surface area contributed by atoms with Gasteiger partial charge < -0.3 is 15.0 Å². The lowest BCUT2D eigenvalue weighted by atomic mass is 9.95. The third kappa shape index (κ3) is 2.89. The predicted molar refractivity (Wildman–Crippen MR) is 117 cm³/mol. The normalized spacial score (nSPS) is 18.8. The first-order chi connectivity index (χ1) is 14.6. The molecule has 2 aliphatic rings. The summed E-state index contributed by atoms with van der Waals surface area (Å²) in [6, 6.07) is 8.00. The number of ether oxygens (including phenoxy) is 1. The molecule has 1 aromatic carbocycles. The van der Waals surface area contributed by atoms with Gasteiger partial charge in [0.15, 0.2) is 4.53 Å². The zero-order valence-electron chi connectivity index (χ0n) is 16.8. The maximum Gasteiger partial charge on any atom is 0.349 e. The Balaban J connectivity index is 1.49. The van der Waals surface area contributed by atoms with Crippen LogP contribution in [0.5, 0.6) is 5.75 Å². The van der Waals surface area contributed by atoms with Crippen molar-refractivity contribution >= 4 is 34.9 Å². The van der Waals surface area contributed by atoms with Crippen LogP contribution in [0.4, 0.5) is 5.69 Å². The van der Waals surface area contributed by atoms with Crippen LogP contribution in [0.15, 0.2) is 43.0 Å². The lowest BCUT2D eigenvalue weighted by Gasteiger charge is -2.21. The minimum absolute atomic E-state index is 0.0275. The molecular weight excluding hydrogens is 398 g/mol. The van der Waals surface area contributed by atoms with Gasteiger partial charge in [0.05, 0.1) is 5.92 Å². The highest BCUT2D eigenvalue weighted by Gasteiger charge is 2.38. The highest BCUT2D eigenvalue weighted by molar-refractivity contribution is 7.13. The van der Waals surface area contributed by atoms with Gasteiger partial charge in [-0.25, -0.2) is 9.97 Å². The molecular formula is C22H20N5O2S+. The monoisotopic (exact) mass is 418 g/mol. The zero-order chi connectivity index (χ0) is 20.8. The SMILES string of the molecule is CNC(=O)C1c2ccc(OC3=c4sc(-c5cncnc5)cc4=[N+]=C3)cc2N(C)C1C. The first kappa shape index (κ1) is 18.5. The van der Waals surface area contributed by atoms with Crippen LogP contribution in [0, 0.1) is 0 Å². The average Bonchev–Trinajstić information content (AvgIpc) is 3.42. The standard InChI is InChI=1S/C22H19N5O2S/c1-12-20(22(28)23-2)15-5-4-14(6-17(15)27(12)3)29-18-10-26-16-7-19(30-21(16)18)13-8-24-11-25-9-13/h4-12,20H,1-3H3/p+1. The minimum Gasteiger partial charge on any atom is -0.448 e. The number of nitrogens with zero attached hydrogens (tertiary/aromatic N) is 4. The molecule has 8 heteroatoms. The summed E-state index contributed by atoms with van der Waals surface area (Å²) in [5.41, 5.74) is 2.99. The number of nitrogens with one attached hydrogen (secondary N) is 1. The van der Waals surface area contributed by atoms with Gasteiger partial charge in [-0.3, -0.25) is 4.79 Å². The van der Waals surface area contributed by atoms with Crippen molar-refractivity contribution in [3.05, 3.63) is 58.4 Å². The number of hydrogen-bond donors (Lipinski definition) is 1. The van der Waals surface area contributed by atoms with Crippen molar-refractivity contribution in [1.82, 2.24) is 20.0 Å². The molecule has 2 aromatic heterocycles. The van der Waals surface area contributed by atoms with Gasteiger partial charge in [-0.2, -0.15) is 0 Å². The third-order valence-electron chi connectivity index (χ3n) is 5.67. The summed E-state index contributed by atoms with van der Waals surface area (Å²) in [6.45, 7) is 2.06. The van der Waals surface area contributed by atoms with E-state index < -0.39 is 0 Å². The molecule has 150 valence electrons. The van der Waals surface area contributed by atoms with E-state index in [0.29, 0.717) is 0 Å². The molecule has 0 fully saturated rings. The van der Waals surface area contributed by atoms with Crippen molar-refractivity contribution in [2.45, 2.75) is 18.9 Å². The molecule has 4 heterocycles. The fourth-order valence-electron chi connectivity index (χ4n) is 3.98. The number of aromatic nitrogens is 2. The molecule has 2 atom stereocenters. The number of amides is 1. The van der Waals surface area contributed by atoms with Gasteiger partial charge in [0.1, 0.15) is 12.1 Å². The fraction of sp³-hybridized carbons (Fsp3) is 0.227. The number of likely N-dealkylation sites (N-methyl/N-ethyl adjacent to an activating group) is 2. The van der Waals surface area contributed by atoms with Gasteiger partial charge >= 0.3 is 11.6 Å². The van der Waals surface area contributed by atoms with Crippen LogP contribution in [-0.4, -0.2) is 42.2 Å². The summed E-state index contributed by atoms with van der Waals surface area (Å²) in [6.07, 6.45) is 6.85. The Kier molecular flexibility index (Phi) is 4.38. The molecule has 2 aliphatic heterocycles.